The van der Waals surface area contributed by atoms with Crippen LogP contribution in [-0.2, 0) is 9.59 Å². The standard InChI is InChI=1S/C26H27N3O4/c30-25(26(31)28-19-10-11-23-24(16-19)33-15-14-32-23)27-17-22(29-12-3-4-13-29)21-9-5-7-18-6-1-2-8-20(18)21/h1-2,5-11,16,22H,3-4,12-15,17H2,(H,27,30)(H,28,31). The van der Waals surface area contributed by atoms with E-state index >= 15 is 0 Å². The maximum absolute atomic E-state index is 12.7. The Balaban J connectivity index is 1.29. The molecule has 170 valence electrons. The van der Waals surface area contributed by atoms with E-state index in [4.69, 9.17) is 9.47 Å². The van der Waals surface area contributed by atoms with Crippen molar-refractivity contribution >= 4 is 28.3 Å². The van der Waals surface area contributed by atoms with E-state index in [1.54, 1.807) is 18.2 Å². The van der Waals surface area contributed by atoms with Gasteiger partial charge in [-0.2, -0.15) is 0 Å². The molecule has 33 heavy (non-hydrogen) atoms. The molecule has 0 saturated carbocycles. The normalized spacial score (nSPS) is 16.4. The second-order valence-corrected chi connectivity index (χ2v) is 8.35. The van der Waals surface area contributed by atoms with Crippen LogP contribution in [0.25, 0.3) is 10.8 Å². The number of fused-ring (bicyclic) bond motifs is 2. The van der Waals surface area contributed by atoms with E-state index in [0.29, 0.717) is 36.9 Å². The van der Waals surface area contributed by atoms with Crippen LogP contribution in [0.15, 0.2) is 60.7 Å². The molecular weight excluding hydrogens is 418 g/mol. The Kier molecular flexibility index (Phi) is 6.13. The molecule has 7 nitrogen and oxygen atoms in total. The van der Waals surface area contributed by atoms with Gasteiger partial charge in [0.25, 0.3) is 0 Å². The SMILES string of the molecule is O=C(NCC(c1cccc2ccccc12)N1CCCC1)C(=O)Nc1ccc2c(c1)OCCO2. The summed E-state index contributed by atoms with van der Waals surface area (Å²) in [6.07, 6.45) is 2.28. The van der Waals surface area contributed by atoms with Crippen LogP contribution in [-0.4, -0.2) is 49.6 Å². The van der Waals surface area contributed by atoms with Crippen molar-refractivity contribution in [1.29, 1.82) is 0 Å². The largest absolute Gasteiger partial charge is 0.486 e. The number of carbonyl (C=O) groups excluding carboxylic acids is 2. The van der Waals surface area contributed by atoms with Crippen molar-refractivity contribution in [2.24, 2.45) is 0 Å². The number of ether oxygens (including phenoxy) is 2. The quantitative estimate of drug-likeness (QED) is 0.588. The lowest BCUT2D eigenvalue weighted by Gasteiger charge is -2.29. The minimum absolute atomic E-state index is 0.00430. The number of hydrogen-bond donors (Lipinski definition) is 2. The summed E-state index contributed by atoms with van der Waals surface area (Å²) in [6, 6.07) is 19.6. The van der Waals surface area contributed by atoms with E-state index in [1.807, 2.05) is 12.1 Å². The van der Waals surface area contributed by atoms with Crippen molar-refractivity contribution in [2.45, 2.75) is 18.9 Å². The molecule has 2 aliphatic rings. The molecule has 1 fully saturated rings. The number of benzene rings is 3. The molecule has 1 saturated heterocycles. The molecule has 2 amide bonds. The summed E-state index contributed by atoms with van der Waals surface area (Å²) in [4.78, 5) is 27.6. The molecule has 3 aromatic carbocycles. The lowest BCUT2D eigenvalue weighted by molar-refractivity contribution is -0.136. The van der Waals surface area contributed by atoms with Crippen LogP contribution in [0.1, 0.15) is 24.4 Å². The van der Waals surface area contributed by atoms with Gasteiger partial charge in [0.2, 0.25) is 0 Å². The molecule has 0 bridgehead atoms. The molecular formula is C26H27N3O4. The fourth-order valence-electron chi connectivity index (χ4n) is 4.61. The Morgan fingerprint density at radius 2 is 1.64 bits per heavy atom. The molecule has 7 heteroatoms. The zero-order chi connectivity index (χ0) is 22.6. The summed E-state index contributed by atoms with van der Waals surface area (Å²) in [5.41, 5.74) is 1.66. The van der Waals surface area contributed by atoms with Gasteiger partial charge >= 0.3 is 11.8 Å². The van der Waals surface area contributed by atoms with Crippen LogP contribution in [0, 0.1) is 0 Å². The first-order valence-electron chi connectivity index (χ1n) is 11.4. The highest BCUT2D eigenvalue weighted by molar-refractivity contribution is 6.39. The minimum atomic E-state index is -0.704. The molecule has 5 rings (SSSR count). The maximum Gasteiger partial charge on any atom is 0.313 e. The molecule has 0 aromatic heterocycles. The molecule has 2 N–H and O–H groups in total. The summed E-state index contributed by atoms with van der Waals surface area (Å²) in [5.74, 6) is -0.171. The van der Waals surface area contributed by atoms with Crippen LogP contribution in [0.5, 0.6) is 11.5 Å². The Morgan fingerprint density at radius 3 is 2.48 bits per heavy atom. The third-order valence-electron chi connectivity index (χ3n) is 6.23. The van der Waals surface area contributed by atoms with Crippen LogP contribution >= 0.6 is 0 Å². The number of nitrogens with zero attached hydrogens (tertiary/aromatic N) is 1. The number of amides is 2. The molecule has 0 aliphatic carbocycles. The predicted molar refractivity (Wildman–Crippen MR) is 127 cm³/mol. The summed E-state index contributed by atoms with van der Waals surface area (Å²) < 4.78 is 11.0. The molecule has 0 spiro atoms. The van der Waals surface area contributed by atoms with Crippen molar-refractivity contribution < 1.29 is 19.1 Å². The fraction of sp³-hybridized carbons (Fsp3) is 0.308. The molecule has 2 heterocycles. The van der Waals surface area contributed by atoms with Gasteiger partial charge < -0.3 is 20.1 Å². The zero-order valence-corrected chi connectivity index (χ0v) is 18.4. The highest BCUT2D eigenvalue weighted by Crippen LogP contribution is 2.33. The first-order valence-corrected chi connectivity index (χ1v) is 11.4. The Labute approximate surface area is 192 Å². The number of carbonyl (C=O) groups is 2. The van der Waals surface area contributed by atoms with Crippen molar-refractivity contribution in [3.8, 4) is 11.5 Å². The molecule has 2 aliphatic heterocycles. The zero-order valence-electron chi connectivity index (χ0n) is 18.4. The Morgan fingerprint density at radius 1 is 0.879 bits per heavy atom. The van der Waals surface area contributed by atoms with Gasteiger partial charge in [0.1, 0.15) is 13.2 Å². The van der Waals surface area contributed by atoms with Crippen LogP contribution in [0.4, 0.5) is 5.69 Å². The topological polar surface area (TPSA) is 79.9 Å². The van der Waals surface area contributed by atoms with E-state index < -0.39 is 11.8 Å². The lowest BCUT2D eigenvalue weighted by atomic mass is 9.97. The van der Waals surface area contributed by atoms with Crippen molar-refractivity contribution in [2.75, 3.05) is 38.2 Å². The summed E-state index contributed by atoms with van der Waals surface area (Å²) in [7, 11) is 0. The first kappa shape index (κ1) is 21.3. The lowest BCUT2D eigenvalue weighted by Crippen LogP contribution is -2.41. The first-order chi connectivity index (χ1) is 16.2. The van der Waals surface area contributed by atoms with Gasteiger partial charge in [-0.25, -0.2) is 0 Å². The van der Waals surface area contributed by atoms with Gasteiger partial charge in [-0.1, -0.05) is 42.5 Å². The predicted octanol–water partition coefficient (Wildman–Crippen LogP) is 3.50. The number of hydrogen-bond acceptors (Lipinski definition) is 5. The van der Waals surface area contributed by atoms with Crippen LogP contribution in [0.2, 0.25) is 0 Å². The number of anilines is 1. The fourth-order valence-corrected chi connectivity index (χ4v) is 4.61. The van der Waals surface area contributed by atoms with Gasteiger partial charge in [-0.05, 0) is 54.4 Å². The van der Waals surface area contributed by atoms with E-state index in [1.165, 1.54) is 16.3 Å². The van der Waals surface area contributed by atoms with Crippen molar-refractivity contribution in [3.63, 3.8) is 0 Å². The van der Waals surface area contributed by atoms with E-state index in [9.17, 15) is 9.59 Å². The number of nitrogens with one attached hydrogen (secondary N) is 2. The summed E-state index contributed by atoms with van der Waals surface area (Å²) in [6.45, 7) is 3.27. The molecule has 1 unspecified atom stereocenters. The van der Waals surface area contributed by atoms with Crippen molar-refractivity contribution in [1.82, 2.24) is 10.2 Å². The third kappa shape index (κ3) is 4.64. The van der Waals surface area contributed by atoms with E-state index in [-0.39, 0.29) is 6.04 Å². The van der Waals surface area contributed by atoms with E-state index in [0.717, 1.165) is 25.9 Å². The van der Waals surface area contributed by atoms with Gasteiger partial charge in [-0.3, -0.25) is 14.5 Å². The third-order valence-corrected chi connectivity index (χ3v) is 6.23. The van der Waals surface area contributed by atoms with Crippen LogP contribution < -0.4 is 20.1 Å². The summed E-state index contributed by atoms with van der Waals surface area (Å²) >= 11 is 0. The molecule has 1 atom stereocenters. The molecule has 0 radical (unpaired) electrons. The van der Waals surface area contributed by atoms with Crippen LogP contribution in [0.3, 0.4) is 0 Å². The summed E-state index contributed by atoms with van der Waals surface area (Å²) in [5, 5.41) is 7.85. The smallest absolute Gasteiger partial charge is 0.313 e. The highest BCUT2D eigenvalue weighted by atomic mass is 16.6. The van der Waals surface area contributed by atoms with Gasteiger partial charge in [0.15, 0.2) is 11.5 Å². The Hall–Kier alpha value is -3.58. The molecule has 3 aromatic rings. The van der Waals surface area contributed by atoms with E-state index in [2.05, 4.69) is 45.9 Å². The number of likely N-dealkylation sites (tertiary alicyclic amines) is 1. The monoisotopic (exact) mass is 445 g/mol. The van der Waals surface area contributed by atoms with Gasteiger partial charge in [0.05, 0.1) is 6.04 Å². The van der Waals surface area contributed by atoms with Crippen molar-refractivity contribution in [3.05, 3.63) is 66.2 Å². The highest BCUT2D eigenvalue weighted by Gasteiger charge is 2.26. The van der Waals surface area contributed by atoms with Gasteiger partial charge in [0, 0.05) is 18.3 Å². The average Bonchev–Trinajstić information content (AvgIpc) is 3.39. The Bertz CT molecular complexity index is 1170. The van der Waals surface area contributed by atoms with Gasteiger partial charge in [-0.15, -0.1) is 0 Å². The second-order valence-electron chi connectivity index (χ2n) is 8.35. The second kappa shape index (κ2) is 9.50. The maximum atomic E-state index is 12.7. The average molecular weight is 446 g/mol. The minimum Gasteiger partial charge on any atom is -0.486 e. The number of rotatable bonds is 5.